The predicted octanol–water partition coefficient (Wildman–Crippen LogP) is 3.79. The number of benzene rings is 1. The highest BCUT2D eigenvalue weighted by molar-refractivity contribution is 7.99. The molecule has 0 fully saturated rings. The van der Waals surface area contributed by atoms with E-state index in [1.165, 1.54) is 0 Å². The molecule has 0 radical (unpaired) electrons. The number of rotatable bonds is 5. The van der Waals surface area contributed by atoms with Crippen LogP contribution in [0.25, 0.3) is 0 Å². The molecule has 0 spiro atoms. The van der Waals surface area contributed by atoms with E-state index in [0.717, 1.165) is 21.8 Å². The second-order valence-electron chi connectivity index (χ2n) is 3.74. The highest BCUT2D eigenvalue weighted by Crippen LogP contribution is 2.22. The molecule has 0 bridgehead atoms. The lowest BCUT2D eigenvalue weighted by Gasteiger charge is -2.08. The third-order valence-electron chi connectivity index (χ3n) is 2.46. The van der Waals surface area contributed by atoms with Crippen LogP contribution in [0.1, 0.15) is 22.8 Å². The van der Waals surface area contributed by atoms with Crippen LogP contribution in [-0.4, -0.2) is 11.7 Å². The quantitative estimate of drug-likeness (QED) is 0.842. The van der Waals surface area contributed by atoms with Crippen LogP contribution in [0.15, 0.2) is 46.0 Å². The number of hydrogen-bond donors (Lipinski definition) is 1. The Labute approximate surface area is 115 Å². The van der Waals surface area contributed by atoms with Gasteiger partial charge in [0.2, 0.25) is 0 Å². The van der Waals surface area contributed by atoms with Crippen LogP contribution in [0.3, 0.4) is 0 Å². The molecule has 1 amide bonds. The third-order valence-corrected chi connectivity index (χ3v) is 4.15. The van der Waals surface area contributed by atoms with Crippen molar-refractivity contribution in [3.8, 4) is 0 Å². The Bertz CT molecular complexity index is 508. The fourth-order valence-corrected chi connectivity index (χ4v) is 3.08. The van der Waals surface area contributed by atoms with Crippen molar-refractivity contribution in [2.45, 2.75) is 18.4 Å². The zero-order valence-electron chi connectivity index (χ0n) is 10.2. The van der Waals surface area contributed by atoms with E-state index in [-0.39, 0.29) is 5.91 Å². The average molecular weight is 277 g/mol. The van der Waals surface area contributed by atoms with Crippen LogP contribution in [0.4, 0.5) is 0 Å². The molecule has 4 heteroatoms. The summed E-state index contributed by atoms with van der Waals surface area (Å²) in [4.78, 5) is 13.2. The third kappa shape index (κ3) is 3.37. The first-order chi connectivity index (χ1) is 8.81. The predicted molar refractivity (Wildman–Crippen MR) is 78.3 cm³/mol. The smallest absolute Gasteiger partial charge is 0.252 e. The Hall–Kier alpha value is -1.26. The Morgan fingerprint density at radius 3 is 2.89 bits per heavy atom. The zero-order valence-corrected chi connectivity index (χ0v) is 11.8. The van der Waals surface area contributed by atoms with E-state index in [0.29, 0.717) is 6.54 Å². The molecule has 0 saturated heterocycles. The molecular weight excluding hydrogens is 262 g/mol. The molecule has 1 aromatic carbocycles. The number of nitrogens with one attached hydrogen (secondary N) is 1. The van der Waals surface area contributed by atoms with Gasteiger partial charge in [-0.25, -0.2) is 0 Å². The van der Waals surface area contributed by atoms with Crippen molar-refractivity contribution < 1.29 is 4.79 Å². The van der Waals surface area contributed by atoms with Gasteiger partial charge in [-0.15, -0.1) is 11.8 Å². The first-order valence-electron chi connectivity index (χ1n) is 5.82. The molecular formula is C14H15NOS2. The van der Waals surface area contributed by atoms with Crippen molar-refractivity contribution in [1.29, 1.82) is 0 Å². The summed E-state index contributed by atoms with van der Waals surface area (Å²) in [6.07, 6.45) is 0. The van der Waals surface area contributed by atoms with Gasteiger partial charge in [0.25, 0.3) is 5.91 Å². The molecule has 0 aliphatic heterocycles. The molecule has 0 atom stereocenters. The maximum absolute atomic E-state index is 12.1. The number of carbonyl (C=O) groups is 1. The molecule has 1 N–H and O–H groups in total. The number of thiophene rings is 1. The number of thioether (sulfide) groups is 1. The van der Waals surface area contributed by atoms with Crippen LogP contribution in [0, 0.1) is 0 Å². The summed E-state index contributed by atoms with van der Waals surface area (Å²) in [6.45, 7) is 2.68. The topological polar surface area (TPSA) is 29.1 Å². The van der Waals surface area contributed by atoms with Crippen molar-refractivity contribution in [3.63, 3.8) is 0 Å². The van der Waals surface area contributed by atoms with Crippen molar-refractivity contribution >= 4 is 29.0 Å². The second kappa shape index (κ2) is 6.61. The van der Waals surface area contributed by atoms with Gasteiger partial charge in [-0.1, -0.05) is 19.1 Å². The van der Waals surface area contributed by atoms with Crippen LogP contribution in [0.2, 0.25) is 0 Å². The van der Waals surface area contributed by atoms with Crippen LogP contribution in [0.5, 0.6) is 0 Å². The summed E-state index contributed by atoms with van der Waals surface area (Å²) in [7, 11) is 0. The number of amides is 1. The highest BCUT2D eigenvalue weighted by atomic mass is 32.2. The fourth-order valence-electron chi connectivity index (χ4n) is 1.61. The summed E-state index contributed by atoms with van der Waals surface area (Å²) < 4.78 is 0. The Morgan fingerprint density at radius 2 is 2.17 bits per heavy atom. The maximum Gasteiger partial charge on any atom is 0.252 e. The van der Waals surface area contributed by atoms with E-state index in [4.69, 9.17) is 0 Å². The lowest BCUT2D eigenvalue weighted by molar-refractivity contribution is 0.0948. The Kier molecular flexibility index (Phi) is 4.84. The van der Waals surface area contributed by atoms with Crippen molar-refractivity contribution in [3.05, 3.63) is 52.2 Å². The number of hydrogen-bond acceptors (Lipinski definition) is 3. The van der Waals surface area contributed by atoms with E-state index in [1.807, 2.05) is 41.1 Å². The molecule has 1 aromatic heterocycles. The molecule has 18 heavy (non-hydrogen) atoms. The molecule has 2 nitrogen and oxygen atoms in total. The van der Waals surface area contributed by atoms with E-state index in [2.05, 4.69) is 12.2 Å². The molecule has 0 unspecified atom stereocenters. The summed E-state index contributed by atoms with van der Waals surface area (Å²) in [5.74, 6) is 0.965. The van der Waals surface area contributed by atoms with Gasteiger partial charge in [0.05, 0.1) is 5.56 Å². The number of carbonyl (C=O) groups excluding carboxylic acids is 1. The SMILES string of the molecule is CCSc1ccccc1C(=O)NCc1ccsc1. The van der Waals surface area contributed by atoms with Crippen molar-refractivity contribution in [2.24, 2.45) is 0 Å². The standard InChI is InChI=1S/C14H15NOS2/c1-2-18-13-6-4-3-5-12(13)14(16)15-9-11-7-8-17-10-11/h3-8,10H,2,9H2,1H3,(H,15,16). The van der Waals surface area contributed by atoms with Gasteiger partial charge >= 0.3 is 0 Å². The van der Waals surface area contributed by atoms with Gasteiger partial charge in [-0.05, 0) is 40.3 Å². The van der Waals surface area contributed by atoms with Crippen molar-refractivity contribution in [1.82, 2.24) is 5.32 Å². The average Bonchev–Trinajstić information content (AvgIpc) is 2.90. The van der Waals surface area contributed by atoms with E-state index in [9.17, 15) is 4.79 Å². The molecule has 2 aromatic rings. The summed E-state index contributed by atoms with van der Waals surface area (Å²) in [5, 5.41) is 7.02. The maximum atomic E-state index is 12.1. The minimum atomic E-state index is -0.00208. The van der Waals surface area contributed by atoms with Crippen LogP contribution >= 0.6 is 23.1 Å². The second-order valence-corrected chi connectivity index (χ2v) is 5.83. The molecule has 1 heterocycles. The zero-order chi connectivity index (χ0) is 12.8. The monoisotopic (exact) mass is 277 g/mol. The van der Waals surface area contributed by atoms with E-state index >= 15 is 0 Å². The van der Waals surface area contributed by atoms with Gasteiger partial charge in [0, 0.05) is 11.4 Å². The molecule has 0 aliphatic carbocycles. The van der Waals surface area contributed by atoms with Crippen LogP contribution in [-0.2, 0) is 6.54 Å². The lowest BCUT2D eigenvalue weighted by atomic mass is 10.2. The molecule has 94 valence electrons. The Balaban J connectivity index is 2.04. The van der Waals surface area contributed by atoms with E-state index < -0.39 is 0 Å². The van der Waals surface area contributed by atoms with Gasteiger partial charge in [-0.2, -0.15) is 11.3 Å². The van der Waals surface area contributed by atoms with Gasteiger partial charge in [-0.3, -0.25) is 4.79 Å². The van der Waals surface area contributed by atoms with Crippen molar-refractivity contribution in [2.75, 3.05) is 5.75 Å². The van der Waals surface area contributed by atoms with E-state index in [1.54, 1.807) is 23.1 Å². The molecule has 2 rings (SSSR count). The minimum absolute atomic E-state index is 0.00208. The molecule has 0 saturated carbocycles. The first kappa shape index (κ1) is 13.2. The fraction of sp³-hybridized carbons (Fsp3) is 0.214. The lowest BCUT2D eigenvalue weighted by Crippen LogP contribution is -2.23. The summed E-state index contributed by atoms with van der Waals surface area (Å²) in [6, 6.07) is 9.76. The minimum Gasteiger partial charge on any atom is -0.348 e. The largest absolute Gasteiger partial charge is 0.348 e. The first-order valence-corrected chi connectivity index (χ1v) is 7.75. The van der Waals surface area contributed by atoms with Gasteiger partial charge in [0.15, 0.2) is 0 Å². The van der Waals surface area contributed by atoms with Gasteiger partial charge in [0.1, 0.15) is 0 Å². The Morgan fingerprint density at radius 1 is 1.33 bits per heavy atom. The normalized spacial score (nSPS) is 10.3. The summed E-state index contributed by atoms with van der Waals surface area (Å²) >= 11 is 3.34. The van der Waals surface area contributed by atoms with Crippen LogP contribution < -0.4 is 5.32 Å². The summed E-state index contributed by atoms with van der Waals surface area (Å²) in [5.41, 5.74) is 1.91. The highest BCUT2D eigenvalue weighted by Gasteiger charge is 2.10. The van der Waals surface area contributed by atoms with Gasteiger partial charge < -0.3 is 5.32 Å². The molecule has 0 aliphatic rings.